The number of hydrogen-bond donors (Lipinski definition) is 3. The number of anilines is 2. The molecule has 174 valence electrons. The first kappa shape index (κ1) is 23.4. The topological polar surface area (TPSA) is 95.5 Å². The van der Waals surface area contributed by atoms with E-state index >= 15 is 0 Å². The van der Waals surface area contributed by atoms with Gasteiger partial charge in [-0.05, 0) is 59.5 Å². The van der Waals surface area contributed by atoms with Gasteiger partial charge in [-0.2, -0.15) is 0 Å². The van der Waals surface area contributed by atoms with Crippen LogP contribution in [-0.4, -0.2) is 22.9 Å². The molecule has 0 spiro atoms. The number of aliphatic carboxylic acids is 1. The van der Waals surface area contributed by atoms with Crippen LogP contribution in [0.15, 0.2) is 103 Å². The van der Waals surface area contributed by atoms with Crippen LogP contribution in [0, 0.1) is 0 Å². The molecular formula is C29H24N2O4. The molecule has 0 heterocycles. The summed E-state index contributed by atoms with van der Waals surface area (Å²) in [7, 11) is 0. The number of benzene rings is 4. The van der Waals surface area contributed by atoms with Crippen LogP contribution in [0.4, 0.5) is 11.4 Å². The lowest BCUT2D eigenvalue weighted by molar-refractivity contribution is -0.136. The van der Waals surface area contributed by atoms with E-state index in [4.69, 9.17) is 5.11 Å². The fourth-order valence-corrected chi connectivity index (χ4v) is 3.68. The van der Waals surface area contributed by atoms with Gasteiger partial charge in [0.15, 0.2) is 0 Å². The molecule has 2 amide bonds. The van der Waals surface area contributed by atoms with Crippen LogP contribution >= 0.6 is 0 Å². The van der Waals surface area contributed by atoms with Gasteiger partial charge in [0.2, 0.25) is 0 Å². The maximum atomic E-state index is 13.0. The summed E-state index contributed by atoms with van der Waals surface area (Å²) in [6, 6.07) is 31.0. The SMILES string of the molecule is O=C(O)CCc1cccc(NC(=O)c2ccccc2NC(=O)c2ccc(-c3ccccc3)cc2)c1. The number of carboxylic acid groups (broad SMARTS) is 1. The second-order valence-corrected chi connectivity index (χ2v) is 7.99. The summed E-state index contributed by atoms with van der Waals surface area (Å²) in [4.78, 5) is 36.7. The molecule has 0 aliphatic heterocycles. The highest BCUT2D eigenvalue weighted by molar-refractivity contribution is 6.12. The standard InChI is InChI=1S/C29H24N2O4/c32-27(33)18-13-20-7-6-10-24(19-20)30-29(35)25-11-4-5-12-26(25)31-28(34)23-16-14-22(15-17-23)21-8-2-1-3-9-21/h1-12,14-17,19H,13,18H2,(H,30,35)(H,31,34)(H,32,33). The second kappa shape index (κ2) is 10.9. The normalized spacial score (nSPS) is 10.4. The van der Waals surface area contributed by atoms with Gasteiger partial charge in [-0.3, -0.25) is 14.4 Å². The number of amides is 2. The van der Waals surface area contributed by atoms with E-state index < -0.39 is 5.97 Å². The molecule has 4 aromatic carbocycles. The van der Waals surface area contributed by atoms with Crippen LogP contribution in [0.5, 0.6) is 0 Å². The first-order chi connectivity index (χ1) is 17.0. The molecule has 0 aromatic heterocycles. The molecular weight excluding hydrogens is 440 g/mol. The van der Waals surface area contributed by atoms with Crippen molar-refractivity contribution < 1.29 is 19.5 Å². The maximum Gasteiger partial charge on any atom is 0.303 e. The predicted molar refractivity (Wildman–Crippen MR) is 137 cm³/mol. The summed E-state index contributed by atoms with van der Waals surface area (Å²) in [6.45, 7) is 0. The maximum absolute atomic E-state index is 13.0. The van der Waals surface area contributed by atoms with Gasteiger partial charge >= 0.3 is 5.97 Å². The molecule has 0 saturated carbocycles. The van der Waals surface area contributed by atoms with Gasteiger partial charge in [0.1, 0.15) is 0 Å². The number of para-hydroxylation sites is 1. The zero-order valence-corrected chi connectivity index (χ0v) is 18.9. The van der Waals surface area contributed by atoms with Crippen LogP contribution < -0.4 is 10.6 Å². The molecule has 35 heavy (non-hydrogen) atoms. The number of hydrogen-bond acceptors (Lipinski definition) is 3. The quantitative estimate of drug-likeness (QED) is 0.304. The average Bonchev–Trinajstić information content (AvgIpc) is 2.88. The highest BCUT2D eigenvalue weighted by Gasteiger charge is 2.15. The van der Waals surface area contributed by atoms with Crippen molar-refractivity contribution in [2.45, 2.75) is 12.8 Å². The highest BCUT2D eigenvalue weighted by Crippen LogP contribution is 2.22. The first-order valence-corrected chi connectivity index (χ1v) is 11.2. The minimum absolute atomic E-state index is 0.0125. The Balaban J connectivity index is 1.46. The van der Waals surface area contributed by atoms with Gasteiger partial charge in [-0.25, -0.2) is 0 Å². The molecule has 6 heteroatoms. The number of aryl methyl sites for hydroxylation is 1. The van der Waals surface area contributed by atoms with Crippen molar-refractivity contribution in [1.29, 1.82) is 0 Å². The van der Waals surface area contributed by atoms with Gasteiger partial charge in [0.05, 0.1) is 11.3 Å². The van der Waals surface area contributed by atoms with Crippen molar-refractivity contribution in [3.8, 4) is 11.1 Å². The lowest BCUT2D eigenvalue weighted by Gasteiger charge is -2.12. The lowest BCUT2D eigenvalue weighted by atomic mass is 10.0. The van der Waals surface area contributed by atoms with Crippen LogP contribution in [-0.2, 0) is 11.2 Å². The highest BCUT2D eigenvalue weighted by atomic mass is 16.4. The summed E-state index contributed by atoms with van der Waals surface area (Å²) in [5, 5.41) is 14.5. The second-order valence-electron chi connectivity index (χ2n) is 7.99. The van der Waals surface area contributed by atoms with Crippen LogP contribution in [0.25, 0.3) is 11.1 Å². The zero-order valence-electron chi connectivity index (χ0n) is 18.9. The molecule has 3 N–H and O–H groups in total. The summed E-state index contributed by atoms with van der Waals surface area (Å²) >= 11 is 0. The third kappa shape index (κ3) is 6.21. The van der Waals surface area contributed by atoms with Gasteiger partial charge in [0, 0.05) is 17.7 Å². The zero-order chi connectivity index (χ0) is 24.6. The van der Waals surface area contributed by atoms with E-state index in [0.29, 0.717) is 28.9 Å². The Labute approximate surface area is 203 Å². The molecule has 0 aliphatic rings. The van der Waals surface area contributed by atoms with Crippen molar-refractivity contribution in [1.82, 2.24) is 0 Å². The largest absolute Gasteiger partial charge is 0.481 e. The molecule has 0 atom stereocenters. The van der Waals surface area contributed by atoms with Crippen LogP contribution in [0.2, 0.25) is 0 Å². The minimum Gasteiger partial charge on any atom is -0.481 e. The fraction of sp³-hybridized carbons (Fsp3) is 0.0690. The van der Waals surface area contributed by atoms with E-state index in [1.165, 1.54) is 0 Å². The minimum atomic E-state index is -0.876. The molecule has 0 aliphatic carbocycles. The van der Waals surface area contributed by atoms with Crippen molar-refractivity contribution in [3.63, 3.8) is 0 Å². The summed E-state index contributed by atoms with van der Waals surface area (Å²) in [6.07, 6.45) is 0.382. The van der Waals surface area contributed by atoms with E-state index in [2.05, 4.69) is 10.6 Å². The van der Waals surface area contributed by atoms with Crippen molar-refractivity contribution in [3.05, 3.63) is 120 Å². The number of rotatable bonds is 8. The Morgan fingerprint density at radius 3 is 2.09 bits per heavy atom. The van der Waals surface area contributed by atoms with Gasteiger partial charge in [0.25, 0.3) is 11.8 Å². The smallest absolute Gasteiger partial charge is 0.303 e. The van der Waals surface area contributed by atoms with Crippen molar-refractivity contribution >= 4 is 29.2 Å². The summed E-state index contributed by atoms with van der Waals surface area (Å²) < 4.78 is 0. The van der Waals surface area contributed by atoms with Gasteiger partial charge in [-0.15, -0.1) is 0 Å². The van der Waals surface area contributed by atoms with Gasteiger partial charge < -0.3 is 15.7 Å². The monoisotopic (exact) mass is 464 g/mol. The lowest BCUT2D eigenvalue weighted by Crippen LogP contribution is -2.18. The van der Waals surface area contributed by atoms with Crippen molar-refractivity contribution in [2.24, 2.45) is 0 Å². The Morgan fingerprint density at radius 2 is 1.34 bits per heavy atom. The molecule has 0 radical (unpaired) electrons. The molecule has 0 unspecified atom stereocenters. The number of carboxylic acids is 1. The van der Waals surface area contributed by atoms with Crippen LogP contribution in [0.1, 0.15) is 32.7 Å². The molecule has 4 rings (SSSR count). The third-order valence-electron chi connectivity index (χ3n) is 5.49. The summed E-state index contributed by atoms with van der Waals surface area (Å²) in [5.74, 6) is -1.57. The molecule has 0 saturated heterocycles. The number of carbonyl (C=O) groups is 3. The van der Waals surface area contributed by atoms with E-state index in [9.17, 15) is 14.4 Å². The number of carbonyl (C=O) groups excluding carboxylic acids is 2. The molecule has 0 fully saturated rings. The van der Waals surface area contributed by atoms with Crippen LogP contribution in [0.3, 0.4) is 0 Å². The Kier molecular flexibility index (Phi) is 7.33. The van der Waals surface area contributed by atoms with Crippen molar-refractivity contribution in [2.75, 3.05) is 10.6 Å². The van der Waals surface area contributed by atoms with E-state index in [0.717, 1.165) is 16.7 Å². The third-order valence-corrected chi connectivity index (χ3v) is 5.49. The van der Waals surface area contributed by atoms with E-state index in [-0.39, 0.29) is 18.2 Å². The summed E-state index contributed by atoms with van der Waals surface area (Å²) in [5.41, 5.74) is 4.62. The molecule has 0 bridgehead atoms. The molecule has 4 aromatic rings. The Hall–Kier alpha value is -4.71. The number of nitrogens with one attached hydrogen (secondary N) is 2. The van der Waals surface area contributed by atoms with E-state index in [1.807, 2.05) is 48.5 Å². The Bertz CT molecular complexity index is 1350. The fourth-order valence-electron chi connectivity index (χ4n) is 3.68. The average molecular weight is 465 g/mol. The van der Waals surface area contributed by atoms with E-state index in [1.54, 1.807) is 54.6 Å². The first-order valence-electron chi connectivity index (χ1n) is 11.2. The Morgan fingerprint density at radius 1 is 0.657 bits per heavy atom. The predicted octanol–water partition coefficient (Wildman–Crippen LogP) is 5.88. The van der Waals surface area contributed by atoms with Gasteiger partial charge in [-0.1, -0.05) is 66.7 Å². The molecule has 6 nitrogen and oxygen atoms in total.